The smallest absolute Gasteiger partial charge is 0.314 e. The van der Waals surface area contributed by atoms with Crippen LogP contribution in [0.5, 0.6) is 0 Å². The van der Waals surface area contributed by atoms with Crippen LogP contribution in [0.25, 0.3) is 0 Å². The van der Waals surface area contributed by atoms with Crippen molar-refractivity contribution in [2.24, 2.45) is 5.92 Å². The van der Waals surface area contributed by atoms with E-state index in [0.29, 0.717) is 31.5 Å². The molecule has 3 rings (SSSR count). The Morgan fingerprint density at radius 3 is 2.54 bits per heavy atom. The molecule has 0 radical (unpaired) electrons. The normalized spacial score (nSPS) is 18.7. The van der Waals surface area contributed by atoms with E-state index in [1.54, 1.807) is 12.1 Å². The van der Waals surface area contributed by atoms with Gasteiger partial charge in [0.2, 0.25) is 0 Å². The molecule has 3 N–H and O–H groups in total. The minimum atomic E-state index is -0.286. The second-order valence-corrected chi connectivity index (χ2v) is 5.88. The first-order chi connectivity index (χ1) is 11.7. The Morgan fingerprint density at radius 1 is 1.00 bits per heavy atom. The second-order valence-electron chi connectivity index (χ2n) is 5.88. The van der Waals surface area contributed by atoms with Gasteiger partial charge in [0.1, 0.15) is 0 Å². The summed E-state index contributed by atoms with van der Waals surface area (Å²) in [6, 6.07) is 13.4. The van der Waals surface area contributed by atoms with Crippen LogP contribution >= 0.6 is 0 Å². The molecule has 0 saturated heterocycles. The predicted molar refractivity (Wildman–Crippen MR) is 89.7 cm³/mol. The van der Waals surface area contributed by atoms with Crippen molar-refractivity contribution in [1.82, 2.24) is 16.0 Å². The van der Waals surface area contributed by atoms with Crippen molar-refractivity contribution in [2.45, 2.75) is 12.3 Å². The molecule has 6 nitrogen and oxygen atoms in total. The number of amides is 3. The van der Waals surface area contributed by atoms with E-state index in [-0.39, 0.29) is 17.7 Å². The molecule has 24 heavy (non-hydrogen) atoms. The van der Waals surface area contributed by atoms with Crippen molar-refractivity contribution in [3.8, 4) is 0 Å². The minimum absolute atomic E-state index is 0.207. The highest BCUT2D eigenvalue weighted by Gasteiger charge is 2.37. The zero-order chi connectivity index (χ0) is 16.8. The first-order valence-corrected chi connectivity index (χ1v) is 8.12. The molecule has 1 heterocycles. The maximum Gasteiger partial charge on any atom is 0.314 e. The van der Waals surface area contributed by atoms with Crippen molar-refractivity contribution in [3.63, 3.8) is 0 Å². The van der Waals surface area contributed by atoms with Gasteiger partial charge in [0.25, 0.3) is 5.91 Å². The molecule has 1 aliphatic rings. The zero-order valence-corrected chi connectivity index (χ0v) is 13.3. The van der Waals surface area contributed by atoms with Crippen molar-refractivity contribution in [2.75, 3.05) is 19.6 Å². The molecule has 6 heteroatoms. The minimum Gasteiger partial charge on any atom is -0.459 e. The fraction of sp³-hybridized carbons (Fsp3) is 0.333. The molecule has 0 bridgehead atoms. The molecule has 0 aliphatic heterocycles. The third-order valence-electron chi connectivity index (χ3n) is 4.12. The average Bonchev–Trinajstić information content (AvgIpc) is 3.18. The Hall–Kier alpha value is -2.76. The van der Waals surface area contributed by atoms with E-state index >= 15 is 0 Å². The van der Waals surface area contributed by atoms with Crippen LogP contribution in [0.2, 0.25) is 0 Å². The van der Waals surface area contributed by atoms with Gasteiger partial charge in [0, 0.05) is 19.6 Å². The standard InChI is InChI=1S/C18H21N3O3/c22-17(16-7-4-10-24-16)19-8-9-20-18(23)21-12-14-11-15(14)13-5-2-1-3-6-13/h1-7,10,14-15H,8-9,11-12H2,(H,19,22)(H2,20,21,23)/t14-,15-/m0/s1. The monoisotopic (exact) mass is 327 g/mol. The number of hydrogen-bond acceptors (Lipinski definition) is 3. The van der Waals surface area contributed by atoms with Crippen LogP contribution in [0.4, 0.5) is 4.79 Å². The largest absolute Gasteiger partial charge is 0.459 e. The van der Waals surface area contributed by atoms with E-state index in [0.717, 1.165) is 6.42 Å². The maximum atomic E-state index is 11.7. The van der Waals surface area contributed by atoms with Gasteiger partial charge in [-0.25, -0.2) is 4.79 Å². The van der Waals surface area contributed by atoms with Gasteiger partial charge in [-0.1, -0.05) is 30.3 Å². The number of rotatable bonds is 7. The van der Waals surface area contributed by atoms with Gasteiger partial charge in [-0.05, 0) is 36.0 Å². The summed E-state index contributed by atoms with van der Waals surface area (Å²) in [6.45, 7) is 1.39. The molecule has 2 atom stereocenters. The van der Waals surface area contributed by atoms with Gasteiger partial charge in [0.15, 0.2) is 5.76 Å². The summed E-state index contributed by atoms with van der Waals surface area (Å²) >= 11 is 0. The summed E-state index contributed by atoms with van der Waals surface area (Å²) < 4.78 is 4.98. The number of hydrogen-bond donors (Lipinski definition) is 3. The molecule has 2 aromatic rings. The van der Waals surface area contributed by atoms with Gasteiger partial charge in [0.05, 0.1) is 6.26 Å². The zero-order valence-electron chi connectivity index (χ0n) is 13.3. The summed E-state index contributed by atoms with van der Waals surface area (Å²) in [5, 5.41) is 8.28. The molecular weight excluding hydrogens is 306 g/mol. The maximum absolute atomic E-state index is 11.7. The van der Waals surface area contributed by atoms with Crippen LogP contribution < -0.4 is 16.0 Å². The summed E-state index contributed by atoms with van der Waals surface area (Å²) in [4.78, 5) is 23.3. The third-order valence-corrected chi connectivity index (χ3v) is 4.12. The van der Waals surface area contributed by atoms with E-state index in [1.807, 2.05) is 18.2 Å². The number of nitrogens with one attached hydrogen (secondary N) is 3. The van der Waals surface area contributed by atoms with E-state index in [2.05, 4.69) is 28.1 Å². The first kappa shape index (κ1) is 16.1. The Labute approximate surface area is 140 Å². The van der Waals surface area contributed by atoms with Crippen molar-refractivity contribution in [1.29, 1.82) is 0 Å². The van der Waals surface area contributed by atoms with Crippen LogP contribution in [0.1, 0.15) is 28.5 Å². The molecule has 3 amide bonds. The number of carbonyl (C=O) groups is 2. The summed E-state index contributed by atoms with van der Waals surface area (Å²) in [7, 11) is 0. The van der Waals surface area contributed by atoms with E-state index in [9.17, 15) is 9.59 Å². The molecule has 1 aliphatic carbocycles. The first-order valence-electron chi connectivity index (χ1n) is 8.12. The third kappa shape index (κ3) is 4.38. The van der Waals surface area contributed by atoms with Crippen LogP contribution in [0, 0.1) is 5.92 Å². The molecule has 0 unspecified atom stereocenters. The lowest BCUT2D eigenvalue weighted by Gasteiger charge is -2.08. The van der Waals surface area contributed by atoms with Gasteiger partial charge in [-0.3, -0.25) is 4.79 Å². The van der Waals surface area contributed by atoms with Crippen LogP contribution in [-0.2, 0) is 0 Å². The number of benzene rings is 1. The lowest BCUT2D eigenvalue weighted by Crippen LogP contribution is -2.41. The highest BCUT2D eigenvalue weighted by Crippen LogP contribution is 2.46. The molecule has 0 spiro atoms. The molecule has 1 aromatic carbocycles. The van der Waals surface area contributed by atoms with Crippen molar-refractivity contribution < 1.29 is 14.0 Å². The summed E-state index contributed by atoms with van der Waals surface area (Å²) in [6.07, 6.45) is 2.56. The number of carbonyl (C=O) groups excluding carboxylic acids is 2. The van der Waals surface area contributed by atoms with Crippen LogP contribution in [0.3, 0.4) is 0 Å². The van der Waals surface area contributed by atoms with Gasteiger partial charge < -0.3 is 20.4 Å². The van der Waals surface area contributed by atoms with Gasteiger partial charge >= 0.3 is 6.03 Å². The lowest BCUT2D eigenvalue weighted by molar-refractivity contribution is 0.0926. The Balaban J connectivity index is 1.27. The fourth-order valence-electron chi connectivity index (χ4n) is 2.71. The quantitative estimate of drug-likeness (QED) is 0.681. The second kappa shape index (κ2) is 7.68. The molecule has 1 saturated carbocycles. The van der Waals surface area contributed by atoms with E-state index in [4.69, 9.17) is 4.42 Å². The van der Waals surface area contributed by atoms with Gasteiger partial charge in [-0.15, -0.1) is 0 Å². The van der Waals surface area contributed by atoms with Crippen LogP contribution in [0.15, 0.2) is 53.1 Å². The summed E-state index contributed by atoms with van der Waals surface area (Å²) in [5.74, 6) is 1.04. The molecule has 1 aromatic heterocycles. The highest BCUT2D eigenvalue weighted by molar-refractivity contribution is 5.91. The Morgan fingerprint density at radius 2 is 1.79 bits per heavy atom. The fourth-order valence-corrected chi connectivity index (χ4v) is 2.71. The van der Waals surface area contributed by atoms with Crippen LogP contribution in [-0.4, -0.2) is 31.6 Å². The number of furan rings is 1. The molecule has 126 valence electrons. The highest BCUT2D eigenvalue weighted by atomic mass is 16.3. The Bertz CT molecular complexity index is 670. The summed E-state index contributed by atoms with van der Waals surface area (Å²) in [5.41, 5.74) is 1.34. The number of urea groups is 1. The lowest BCUT2D eigenvalue weighted by atomic mass is 10.1. The topological polar surface area (TPSA) is 83.4 Å². The van der Waals surface area contributed by atoms with Crippen molar-refractivity contribution >= 4 is 11.9 Å². The Kier molecular flexibility index (Phi) is 5.15. The average molecular weight is 327 g/mol. The van der Waals surface area contributed by atoms with Gasteiger partial charge in [-0.2, -0.15) is 0 Å². The van der Waals surface area contributed by atoms with E-state index < -0.39 is 0 Å². The molecule has 1 fully saturated rings. The van der Waals surface area contributed by atoms with Crippen molar-refractivity contribution in [3.05, 3.63) is 60.1 Å². The molecular formula is C18H21N3O3. The SMILES string of the molecule is O=C(NCCNC(=O)c1ccco1)NC[C@@H]1C[C@H]1c1ccccc1. The predicted octanol–water partition coefficient (Wildman–Crippen LogP) is 2.11. The van der Waals surface area contributed by atoms with E-state index in [1.165, 1.54) is 11.8 Å².